The Kier molecular flexibility index (Phi) is 5.87. The molecule has 3 rings (SSSR count). The topological polar surface area (TPSA) is 72.5 Å². The number of thiazole rings is 1. The van der Waals surface area contributed by atoms with E-state index in [1.54, 1.807) is 37.8 Å². The van der Waals surface area contributed by atoms with Crippen LogP contribution in [0.15, 0.2) is 47.8 Å². The largest absolute Gasteiger partial charge is 0.497 e. The molecule has 0 aliphatic rings. The smallest absolute Gasteiger partial charge is 0.230 e. The van der Waals surface area contributed by atoms with Crippen LogP contribution < -0.4 is 20.1 Å². The zero-order chi connectivity index (χ0) is 19.2. The summed E-state index contributed by atoms with van der Waals surface area (Å²) in [5.74, 6) is 0.768. The molecular weight excluding hydrogens is 369 g/mol. The van der Waals surface area contributed by atoms with Crippen molar-refractivity contribution < 1.29 is 18.7 Å². The van der Waals surface area contributed by atoms with E-state index in [1.807, 2.05) is 0 Å². The molecular formula is C19H18FN3O3S. The highest BCUT2D eigenvalue weighted by Gasteiger charge is 2.11. The van der Waals surface area contributed by atoms with Gasteiger partial charge < -0.3 is 20.1 Å². The number of nitrogens with one attached hydrogen (secondary N) is 2. The predicted molar refractivity (Wildman–Crippen MR) is 104 cm³/mol. The minimum absolute atomic E-state index is 0.116. The molecule has 0 unspecified atom stereocenters. The summed E-state index contributed by atoms with van der Waals surface area (Å²) < 4.78 is 23.5. The molecule has 1 heterocycles. The van der Waals surface area contributed by atoms with E-state index >= 15 is 0 Å². The molecule has 27 heavy (non-hydrogen) atoms. The molecule has 0 saturated heterocycles. The highest BCUT2D eigenvalue weighted by molar-refractivity contribution is 7.13. The van der Waals surface area contributed by atoms with Crippen LogP contribution in [0.25, 0.3) is 0 Å². The number of carbonyl (C=O) groups excluding carboxylic acids is 1. The molecule has 6 nitrogen and oxygen atoms in total. The molecule has 2 N–H and O–H groups in total. The summed E-state index contributed by atoms with van der Waals surface area (Å²) in [4.78, 5) is 16.5. The third-order valence-corrected chi connectivity index (χ3v) is 4.48. The maximum Gasteiger partial charge on any atom is 0.230 e. The average molecular weight is 387 g/mol. The number of ether oxygens (including phenoxy) is 2. The third kappa shape index (κ3) is 4.95. The summed E-state index contributed by atoms with van der Waals surface area (Å²) in [7, 11) is 3.17. The molecule has 2 aromatic carbocycles. The fourth-order valence-corrected chi connectivity index (χ4v) is 3.10. The van der Waals surface area contributed by atoms with Crippen LogP contribution in [0.5, 0.6) is 11.5 Å². The number of hydrogen-bond donors (Lipinski definition) is 2. The molecule has 1 aromatic heterocycles. The average Bonchev–Trinajstić information content (AvgIpc) is 3.10. The number of hydrogen-bond acceptors (Lipinski definition) is 6. The first-order valence-electron chi connectivity index (χ1n) is 8.06. The van der Waals surface area contributed by atoms with E-state index in [0.717, 1.165) is 0 Å². The molecule has 0 aliphatic heterocycles. The lowest BCUT2D eigenvalue weighted by Crippen LogP contribution is -2.14. The Bertz CT molecular complexity index is 928. The lowest BCUT2D eigenvalue weighted by atomic mass is 10.2. The van der Waals surface area contributed by atoms with Crippen LogP contribution in [0.3, 0.4) is 0 Å². The van der Waals surface area contributed by atoms with Crippen molar-refractivity contribution in [2.24, 2.45) is 0 Å². The van der Waals surface area contributed by atoms with Crippen molar-refractivity contribution in [1.82, 2.24) is 4.98 Å². The summed E-state index contributed by atoms with van der Waals surface area (Å²) in [6.07, 6.45) is 0.116. The van der Waals surface area contributed by atoms with Crippen LogP contribution >= 0.6 is 11.3 Å². The Labute approximate surface area is 160 Å². The van der Waals surface area contributed by atoms with Gasteiger partial charge in [-0.1, -0.05) is 0 Å². The molecule has 0 atom stereocenters. The molecule has 3 aromatic rings. The molecule has 0 radical (unpaired) electrons. The Morgan fingerprint density at radius 3 is 2.63 bits per heavy atom. The maximum atomic E-state index is 12.9. The van der Waals surface area contributed by atoms with Gasteiger partial charge in [-0.25, -0.2) is 9.37 Å². The van der Waals surface area contributed by atoms with Crippen LogP contribution in [0.2, 0.25) is 0 Å². The van der Waals surface area contributed by atoms with Crippen LogP contribution in [-0.4, -0.2) is 25.1 Å². The number of carbonyl (C=O) groups is 1. The highest BCUT2D eigenvalue weighted by Crippen LogP contribution is 2.32. The van der Waals surface area contributed by atoms with Crippen molar-refractivity contribution in [3.05, 3.63) is 59.4 Å². The second-order valence-corrected chi connectivity index (χ2v) is 6.43. The van der Waals surface area contributed by atoms with E-state index in [-0.39, 0.29) is 18.1 Å². The van der Waals surface area contributed by atoms with E-state index in [1.165, 1.54) is 35.6 Å². The number of aromatic nitrogens is 1. The summed E-state index contributed by atoms with van der Waals surface area (Å²) in [6, 6.07) is 11.0. The number of methoxy groups -OCH3 is 2. The van der Waals surface area contributed by atoms with Crippen LogP contribution in [0, 0.1) is 5.82 Å². The van der Waals surface area contributed by atoms with Gasteiger partial charge in [0, 0.05) is 17.1 Å². The van der Waals surface area contributed by atoms with E-state index < -0.39 is 0 Å². The molecule has 0 fully saturated rings. The van der Waals surface area contributed by atoms with Crippen molar-refractivity contribution >= 4 is 33.8 Å². The first-order chi connectivity index (χ1) is 13.1. The molecule has 0 saturated carbocycles. The number of anilines is 3. The monoisotopic (exact) mass is 387 g/mol. The van der Waals surface area contributed by atoms with Crippen molar-refractivity contribution in [2.75, 3.05) is 24.9 Å². The first-order valence-corrected chi connectivity index (χ1v) is 8.94. The molecule has 0 bridgehead atoms. The Hall–Kier alpha value is -3.13. The second-order valence-electron chi connectivity index (χ2n) is 5.57. The van der Waals surface area contributed by atoms with Gasteiger partial charge in [0.1, 0.15) is 17.3 Å². The standard InChI is InChI=1S/C19H18FN3O3S/c1-25-15-7-8-17(26-2)16(10-15)23-19-22-14(11-27-19)9-18(24)21-13-5-3-12(20)4-6-13/h3-8,10-11H,9H2,1-2H3,(H,21,24)(H,22,23). The van der Waals surface area contributed by atoms with Crippen LogP contribution in [0.4, 0.5) is 20.9 Å². The Morgan fingerprint density at radius 2 is 1.93 bits per heavy atom. The summed E-state index contributed by atoms with van der Waals surface area (Å²) in [5, 5.41) is 8.32. The number of nitrogens with zero attached hydrogens (tertiary/aromatic N) is 1. The van der Waals surface area contributed by atoms with Gasteiger partial charge in [0.05, 0.1) is 32.0 Å². The van der Waals surface area contributed by atoms with Crippen molar-refractivity contribution in [3.8, 4) is 11.5 Å². The second kappa shape index (κ2) is 8.50. The maximum absolute atomic E-state index is 12.9. The highest BCUT2D eigenvalue weighted by atomic mass is 32.1. The first kappa shape index (κ1) is 18.7. The SMILES string of the molecule is COc1ccc(OC)c(Nc2nc(CC(=O)Nc3ccc(F)cc3)cs2)c1. The van der Waals surface area contributed by atoms with E-state index in [2.05, 4.69) is 15.6 Å². The van der Waals surface area contributed by atoms with Gasteiger partial charge in [0.15, 0.2) is 5.13 Å². The van der Waals surface area contributed by atoms with Gasteiger partial charge in [-0.15, -0.1) is 11.3 Å². The zero-order valence-corrected chi connectivity index (χ0v) is 15.6. The van der Waals surface area contributed by atoms with Gasteiger partial charge in [-0.2, -0.15) is 0 Å². The lowest BCUT2D eigenvalue weighted by molar-refractivity contribution is -0.115. The van der Waals surface area contributed by atoms with Crippen LogP contribution in [0.1, 0.15) is 5.69 Å². The minimum Gasteiger partial charge on any atom is -0.497 e. The van der Waals surface area contributed by atoms with Crippen molar-refractivity contribution in [1.29, 1.82) is 0 Å². The van der Waals surface area contributed by atoms with Crippen molar-refractivity contribution in [3.63, 3.8) is 0 Å². The van der Waals surface area contributed by atoms with Gasteiger partial charge in [-0.05, 0) is 36.4 Å². The summed E-state index contributed by atoms with van der Waals surface area (Å²) in [6.45, 7) is 0. The van der Waals surface area contributed by atoms with Gasteiger partial charge >= 0.3 is 0 Å². The zero-order valence-electron chi connectivity index (χ0n) is 14.8. The third-order valence-electron chi connectivity index (χ3n) is 3.67. The lowest BCUT2D eigenvalue weighted by Gasteiger charge is -2.10. The Morgan fingerprint density at radius 1 is 1.15 bits per heavy atom. The number of benzene rings is 2. The molecule has 140 valence electrons. The van der Waals surface area contributed by atoms with E-state index in [4.69, 9.17) is 9.47 Å². The molecule has 0 spiro atoms. The quantitative estimate of drug-likeness (QED) is 0.635. The Balaban J connectivity index is 1.64. The fraction of sp³-hybridized carbons (Fsp3) is 0.158. The number of rotatable bonds is 7. The van der Waals surface area contributed by atoms with Crippen LogP contribution in [-0.2, 0) is 11.2 Å². The van der Waals surface area contributed by atoms with E-state index in [0.29, 0.717) is 33.7 Å². The number of halogens is 1. The van der Waals surface area contributed by atoms with Gasteiger partial charge in [0.25, 0.3) is 0 Å². The normalized spacial score (nSPS) is 10.3. The minimum atomic E-state index is -0.351. The fourth-order valence-electron chi connectivity index (χ4n) is 2.38. The number of amides is 1. The van der Waals surface area contributed by atoms with Crippen molar-refractivity contribution in [2.45, 2.75) is 6.42 Å². The summed E-state index contributed by atoms with van der Waals surface area (Å²) >= 11 is 1.38. The summed E-state index contributed by atoms with van der Waals surface area (Å²) in [5.41, 5.74) is 1.88. The predicted octanol–water partition coefficient (Wildman–Crippen LogP) is 4.22. The van der Waals surface area contributed by atoms with E-state index in [9.17, 15) is 9.18 Å². The van der Waals surface area contributed by atoms with Gasteiger partial charge in [-0.3, -0.25) is 4.79 Å². The molecule has 8 heteroatoms. The molecule has 0 aliphatic carbocycles. The molecule has 1 amide bonds. The van der Waals surface area contributed by atoms with Gasteiger partial charge in [0.2, 0.25) is 5.91 Å².